The molecule has 0 aromatic heterocycles. The Morgan fingerprint density at radius 2 is 1.58 bits per heavy atom. The predicted molar refractivity (Wildman–Crippen MR) is 133 cm³/mol. The number of carbonyl (C=O) groups is 1. The maximum absolute atomic E-state index is 13.1. The Kier molecular flexibility index (Phi) is 8.01. The molecule has 160 valence electrons. The summed E-state index contributed by atoms with van der Waals surface area (Å²) >= 11 is 0. The van der Waals surface area contributed by atoms with E-state index in [-0.39, 0.29) is 29.3 Å². The molecule has 0 unspecified atom stereocenters. The number of nitrogens with zero attached hydrogens (tertiary/aromatic N) is 2. The number of ketones is 1. The number of hydrogen-bond donors (Lipinski definition) is 0. The molecule has 1 heterocycles. The summed E-state index contributed by atoms with van der Waals surface area (Å²) in [6.45, 7) is 1.10. The van der Waals surface area contributed by atoms with E-state index in [0.29, 0.717) is 5.56 Å². The molecular formula is C26H27BrN2O2. The van der Waals surface area contributed by atoms with Gasteiger partial charge in [-0.3, -0.25) is 9.79 Å². The minimum Gasteiger partial charge on any atom is -0.497 e. The highest BCUT2D eigenvalue weighted by Gasteiger charge is 2.20. The van der Waals surface area contributed by atoms with Crippen molar-refractivity contribution in [2.24, 2.45) is 4.99 Å². The molecule has 31 heavy (non-hydrogen) atoms. The van der Waals surface area contributed by atoms with E-state index < -0.39 is 0 Å². The summed E-state index contributed by atoms with van der Waals surface area (Å²) in [5.74, 6) is 1.87. The molecule has 0 aliphatic carbocycles. The van der Waals surface area contributed by atoms with Gasteiger partial charge >= 0.3 is 0 Å². The van der Waals surface area contributed by atoms with Gasteiger partial charge in [-0.2, -0.15) is 0 Å². The van der Waals surface area contributed by atoms with Crippen LogP contribution in [0, 0.1) is 0 Å². The molecular weight excluding hydrogens is 452 g/mol. The van der Waals surface area contributed by atoms with Gasteiger partial charge in [-0.1, -0.05) is 54.6 Å². The van der Waals surface area contributed by atoms with Gasteiger partial charge in [0.25, 0.3) is 0 Å². The summed E-state index contributed by atoms with van der Waals surface area (Å²) in [4.78, 5) is 19.9. The van der Waals surface area contributed by atoms with Crippen molar-refractivity contribution in [3.05, 3.63) is 84.4 Å². The Hall–Kier alpha value is -2.92. The van der Waals surface area contributed by atoms with Crippen molar-refractivity contribution >= 4 is 34.3 Å². The van der Waals surface area contributed by atoms with Crippen LogP contribution in [0.25, 0.3) is 11.1 Å². The number of ether oxygens (including phenoxy) is 1. The molecule has 4 rings (SSSR count). The third kappa shape index (κ3) is 5.61. The van der Waals surface area contributed by atoms with Gasteiger partial charge in [-0.15, -0.1) is 17.0 Å². The number of anilines is 1. The molecule has 1 aliphatic rings. The van der Waals surface area contributed by atoms with Gasteiger partial charge < -0.3 is 9.64 Å². The van der Waals surface area contributed by atoms with Gasteiger partial charge in [0.2, 0.25) is 0 Å². The van der Waals surface area contributed by atoms with Gasteiger partial charge in [0.05, 0.1) is 13.7 Å². The molecule has 5 heteroatoms. The number of carbonyl (C=O) groups excluding carboxylic acids is 1. The van der Waals surface area contributed by atoms with Crippen LogP contribution in [-0.2, 0) is 0 Å². The minimum atomic E-state index is 0. The standard InChI is InChI=1S/C26H26N2O2.BrH/c1-30-24-16-14-23(15-17-24)28(26-9-5-6-18-27-26)19-25(29)22-12-10-21(11-13-22)20-7-3-2-4-8-20;/h2-4,7-8,10-17H,5-6,9,18-19H2,1H3;1H. The van der Waals surface area contributed by atoms with Crippen molar-refractivity contribution in [3.8, 4) is 16.9 Å². The lowest BCUT2D eigenvalue weighted by atomic mass is 10.0. The van der Waals surface area contributed by atoms with E-state index in [1.807, 2.05) is 71.6 Å². The summed E-state index contributed by atoms with van der Waals surface area (Å²) in [5.41, 5.74) is 3.93. The largest absolute Gasteiger partial charge is 0.497 e. The van der Waals surface area contributed by atoms with Crippen LogP contribution < -0.4 is 9.64 Å². The average Bonchev–Trinajstić information content (AvgIpc) is 2.84. The third-order valence-electron chi connectivity index (χ3n) is 5.41. The van der Waals surface area contributed by atoms with Crippen LogP contribution in [0.5, 0.6) is 5.75 Å². The van der Waals surface area contributed by atoms with Crippen LogP contribution >= 0.6 is 17.0 Å². The first kappa shape index (κ1) is 22.8. The molecule has 3 aromatic rings. The van der Waals surface area contributed by atoms with Crippen LogP contribution in [0.15, 0.2) is 83.9 Å². The highest BCUT2D eigenvalue weighted by atomic mass is 79.9. The smallest absolute Gasteiger partial charge is 0.182 e. The zero-order valence-electron chi connectivity index (χ0n) is 17.7. The number of Topliss-reactive ketones (excluding diaryl/α,β-unsaturated/α-hetero) is 1. The van der Waals surface area contributed by atoms with Crippen molar-refractivity contribution in [1.29, 1.82) is 0 Å². The van der Waals surface area contributed by atoms with E-state index >= 15 is 0 Å². The Morgan fingerprint density at radius 1 is 0.903 bits per heavy atom. The molecule has 0 amide bonds. The fourth-order valence-corrected chi connectivity index (χ4v) is 3.71. The maximum atomic E-state index is 13.1. The number of benzene rings is 3. The Bertz CT molecular complexity index is 1020. The summed E-state index contributed by atoms with van der Waals surface area (Å²) in [6, 6.07) is 25.9. The Balaban J connectivity index is 0.00000272. The summed E-state index contributed by atoms with van der Waals surface area (Å²) < 4.78 is 5.28. The molecule has 0 N–H and O–H groups in total. The molecule has 1 aliphatic heterocycles. The number of hydrogen-bond acceptors (Lipinski definition) is 4. The van der Waals surface area contributed by atoms with Crippen molar-refractivity contribution in [2.75, 3.05) is 25.1 Å². The molecule has 4 nitrogen and oxygen atoms in total. The number of aliphatic imine (C=N–C) groups is 1. The fraction of sp³-hybridized carbons (Fsp3) is 0.231. The first-order valence-electron chi connectivity index (χ1n) is 10.4. The monoisotopic (exact) mass is 478 g/mol. The number of amidine groups is 1. The summed E-state index contributed by atoms with van der Waals surface area (Å²) in [6.07, 6.45) is 3.10. The lowest BCUT2D eigenvalue weighted by Crippen LogP contribution is -2.37. The van der Waals surface area contributed by atoms with E-state index in [4.69, 9.17) is 9.73 Å². The molecule has 0 bridgehead atoms. The lowest BCUT2D eigenvalue weighted by molar-refractivity contribution is 0.100. The molecule has 0 fully saturated rings. The Morgan fingerprint density at radius 3 is 2.19 bits per heavy atom. The van der Waals surface area contributed by atoms with Crippen LogP contribution in [0.3, 0.4) is 0 Å². The van der Waals surface area contributed by atoms with Crippen LogP contribution in [0.4, 0.5) is 5.69 Å². The van der Waals surface area contributed by atoms with E-state index in [2.05, 4.69) is 12.1 Å². The maximum Gasteiger partial charge on any atom is 0.182 e. The molecule has 0 spiro atoms. The van der Waals surface area contributed by atoms with Crippen molar-refractivity contribution in [1.82, 2.24) is 0 Å². The molecule has 0 radical (unpaired) electrons. The van der Waals surface area contributed by atoms with Crippen molar-refractivity contribution < 1.29 is 9.53 Å². The number of halogens is 1. The van der Waals surface area contributed by atoms with Gasteiger partial charge in [-0.05, 0) is 48.2 Å². The number of rotatable bonds is 6. The Labute approximate surface area is 194 Å². The van der Waals surface area contributed by atoms with Gasteiger partial charge in [0.1, 0.15) is 11.6 Å². The van der Waals surface area contributed by atoms with Crippen LogP contribution in [-0.4, -0.2) is 31.8 Å². The quantitative estimate of drug-likeness (QED) is 0.395. The van der Waals surface area contributed by atoms with Gasteiger partial charge in [-0.25, -0.2) is 0 Å². The zero-order valence-corrected chi connectivity index (χ0v) is 19.4. The zero-order chi connectivity index (χ0) is 20.8. The minimum absolute atomic E-state index is 0. The van der Waals surface area contributed by atoms with Crippen molar-refractivity contribution in [2.45, 2.75) is 19.3 Å². The molecule has 3 aromatic carbocycles. The lowest BCUT2D eigenvalue weighted by Gasteiger charge is -2.28. The second kappa shape index (κ2) is 10.9. The van der Waals surface area contributed by atoms with Crippen LogP contribution in [0.2, 0.25) is 0 Å². The second-order valence-electron chi connectivity index (χ2n) is 7.41. The van der Waals surface area contributed by atoms with Crippen molar-refractivity contribution in [3.63, 3.8) is 0 Å². The highest BCUT2D eigenvalue weighted by Crippen LogP contribution is 2.24. The number of methoxy groups -OCH3 is 1. The SMILES string of the molecule is Br.COc1ccc(N(CC(=O)c2ccc(-c3ccccc3)cc2)C2=NCCCC2)cc1. The van der Waals surface area contributed by atoms with Gasteiger partial charge in [0, 0.05) is 24.2 Å². The first-order chi connectivity index (χ1) is 14.7. The highest BCUT2D eigenvalue weighted by molar-refractivity contribution is 8.93. The van der Waals surface area contributed by atoms with Crippen LogP contribution in [0.1, 0.15) is 29.6 Å². The van der Waals surface area contributed by atoms with E-state index in [1.54, 1.807) is 7.11 Å². The average molecular weight is 479 g/mol. The second-order valence-corrected chi connectivity index (χ2v) is 7.41. The molecule has 0 saturated heterocycles. The molecule has 0 saturated carbocycles. The normalized spacial score (nSPS) is 13.0. The molecule has 0 atom stereocenters. The first-order valence-corrected chi connectivity index (χ1v) is 10.4. The van der Waals surface area contributed by atoms with E-state index in [0.717, 1.165) is 54.2 Å². The fourth-order valence-electron chi connectivity index (χ4n) is 3.71. The van der Waals surface area contributed by atoms with E-state index in [9.17, 15) is 4.79 Å². The summed E-state index contributed by atoms with van der Waals surface area (Å²) in [5, 5.41) is 0. The predicted octanol–water partition coefficient (Wildman–Crippen LogP) is 6.21. The van der Waals surface area contributed by atoms with E-state index in [1.165, 1.54) is 0 Å². The summed E-state index contributed by atoms with van der Waals surface area (Å²) in [7, 11) is 1.65. The topological polar surface area (TPSA) is 41.9 Å². The third-order valence-corrected chi connectivity index (χ3v) is 5.41. The van der Waals surface area contributed by atoms with Gasteiger partial charge in [0.15, 0.2) is 5.78 Å².